The molecular weight excluding hydrogens is 295 g/mol. The second kappa shape index (κ2) is 4.67. The van der Waals surface area contributed by atoms with Crippen molar-refractivity contribution in [2.24, 2.45) is 0 Å². The van der Waals surface area contributed by atoms with Gasteiger partial charge >= 0.3 is 0 Å². The van der Waals surface area contributed by atoms with Crippen LogP contribution in [0.15, 0.2) is 39.5 Å². The summed E-state index contributed by atoms with van der Waals surface area (Å²) >= 11 is 8.92. The topological polar surface area (TPSA) is 55.1 Å². The van der Waals surface area contributed by atoms with Crippen molar-refractivity contribution in [3.63, 3.8) is 0 Å². The van der Waals surface area contributed by atoms with Crippen LogP contribution in [0, 0.1) is 0 Å². The highest BCUT2D eigenvalue weighted by atomic mass is 79.9. The molecule has 0 saturated carbocycles. The molecule has 82 valence electrons. The number of halogens is 2. The van der Waals surface area contributed by atoms with E-state index >= 15 is 0 Å². The van der Waals surface area contributed by atoms with Crippen molar-refractivity contribution in [1.82, 2.24) is 4.98 Å². The minimum atomic E-state index is -0.353. The Morgan fingerprint density at radius 3 is 2.81 bits per heavy atom. The smallest absolute Gasteiger partial charge is 0.261 e. The molecule has 0 radical (unpaired) electrons. The van der Waals surface area contributed by atoms with Crippen LogP contribution < -0.4 is 5.32 Å². The van der Waals surface area contributed by atoms with Crippen LogP contribution in [0.4, 0.5) is 5.82 Å². The van der Waals surface area contributed by atoms with Crippen molar-refractivity contribution in [1.29, 1.82) is 0 Å². The van der Waals surface area contributed by atoms with E-state index in [1.165, 1.54) is 12.3 Å². The average molecular weight is 302 g/mol. The minimum Gasteiger partial charge on any atom is -0.452 e. The molecule has 4 nitrogen and oxygen atoms in total. The van der Waals surface area contributed by atoms with Crippen LogP contribution >= 0.6 is 27.5 Å². The highest BCUT2D eigenvalue weighted by molar-refractivity contribution is 9.10. The lowest BCUT2D eigenvalue weighted by molar-refractivity contribution is 0.102. The van der Waals surface area contributed by atoms with Gasteiger partial charge in [-0.25, -0.2) is 4.98 Å². The van der Waals surface area contributed by atoms with Gasteiger partial charge in [0.2, 0.25) is 5.22 Å². The molecule has 0 atom stereocenters. The summed E-state index contributed by atoms with van der Waals surface area (Å²) in [7, 11) is 0. The summed E-state index contributed by atoms with van der Waals surface area (Å²) in [6.45, 7) is 0. The molecule has 0 saturated heterocycles. The van der Waals surface area contributed by atoms with E-state index < -0.39 is 0 Å². The molecule has 2 heterocycles. The monoisotopic (exact) mass is 300 g/mol. The Morgan fingerprint density at radius 1 is 1.44 bits per heavy atom. The van der Waals surface area contributed by atoms with Gasteiger partial charge in [0.25, 0.3) is 5.91 Å². The van der Waals surface area contributed by atoms with Crippen LogP contribution in [0.3, 0.4) is 0 Å². The number of carbonyl (C=O) groups excluding carboxylic acids is 1. The van der Waals surface area contributed by atoms with Gasteiger partial charge in [0.15, 0.2) is 0 Å². The van der Waals surface area contributed by atoms with E-state index in [-0.39, 0.29) is 16.7 Å². The quantitative estimate of drug-likeness (QED) is 0.925. The van der Waals surface area contributed by atoms with Crippen molar-refractivity contribution in [2.45, 2.75) is 0 Å². The standard InChI is InChI=1S/C10H6BrClN2O2/c11-6-1-2-8(13-5-6)14-10(15)7-3-4-16-9(7)12/h1-5H,(H,13,14,15). The average Bonchev–Trinajstić information content (AvgIpc) is 2.68. The van der Waals surface area contributed by atoms with Crippen LogP contribution in [-0.2, 0) is 0 Å². The van der Waals surface area contributed by atoms with Gasteiger partial charge in [-0.05, 0) is 45.7 Å². The summed E-state index contributed by atoms with van der Waals surface area (Å²) < 4.78 is 5.66. The number of carbonyl (C=O) groups is 1. The molecule has 0 aliphatic carbocycles. The highest BCUT2D eigenvalue weighted by Crippen LogP contribution is 2.18. The number of amides is 1. The van der Waals surface area contributed by atoms with E-state index in [0.717, 1.165) is 4.47 Å². The van der Waals surface area contributed by atoms with Gasteiger partial charge in [-0.3, -0.25) is 4.79 Å². The molecule has 0 aliphatic rings. The van der Waals surface area contributed by atoms with Gasteiger partial charge in [-0.15, -0.1) is 0 Å². The van der Waals surface area contributed by atoms with Crippen molar-refractivity contribution in [2.75, 3.05) is 5.32 Å². The Kier molecular flexibility index (Phi) is 3.26. The van der Waals surface area contributed by atoms with E-state index in [1.807, 2.05) is 0 Å². The fourth-order valence-corrected chi connectivity index (χ4v) is 1.52. The molecule has 0 aliphatic heterocycles. The Hall–Kier alpha value is -1.33. The third-order valence-electron chi connectivity index (χ3n) is 1.83. The Morgan fingerprint density at radius 2 is 2.25 bits per heavy atom. The third-order valence-corrected chi connectivity index (χ3v) is 2.59. The van der Waals surface area contributed by atoms with Crippen molar-refractivity contribution in [3.05, 3.63) is 45.9 Å². The molecule has 0 aromatic carbocycles. The number of anilines is 1. The molecular formula is C10H6BrClN2O2. The predicted octanol–water partition coefficient (Wildman–Crippen LogP) is 3.34. The Bertz CT molecular complexity index is 510. The first-order chi connectivity index (χ1) is 7.66. The summed E-state index contributed by atoms with van der Waals surface area (Å²) in [6.07, 6.45) is 2.94. The zero-order chi connectivity index (χ0) is 11.5. The number of rotatable bonds is 2. The molecule has 16 heavy (non-hydrogen) atoms. The summed E-state index contributed by atoms with van der Waals surface area (Å²) in [4.78, 5) is 15.7. The van der Waals surface area contributed by atoms with E-state index in [2.05, 4.69) is 26.2 Å². The SMILES string of the molecule is O=C(Nc1ccc(Br)cn1)c1ccoc1Cl. The number of aromatic nitrogens is 1. The summed E-state index contributed by atoms with van der Waals surface area (Å²) in [5, 5.41) is 2.66. The number of furan rings is 1. The number of pyridine rings is 1. The van der Waals surface area contributed by atoms with Gasteiger partial charge in [0, 0.05) is 10.7 Å². The molecule has 0 fully saturated rings. The number of nitrogens with zero attached hydrogens (tertiary/aromatic N) is 1. The maximum absolute atomic E-state index is 11.7. The zero-order valence-corrected chi connectivity index (χ0v) is 10.2. The maximum atomic E-state index is 11.7. The largest absolute Gasteiger partial charge is 0.452 e. The van der Waals surface area contributed by atoms with E-state index in [4.69, 9.17) is 16.0 Å². The van der Waals surface area contributed by atoms with Crippen LogP contribution in [0.1, 0.15) is 10.4 Å². The highest BCUT2D eigenvalue weighted by Gasteiger charge is 2.13. The predicted molar refractivity (Wildman–Crippen MR) is 63.6 cm³/mol. The third kappa shape index (κ3) is 2.43. The molecule has 2 aromatic heterocycles. The Balaban J connectivity index is 2.14. The van der Waals surface area contributed by atoms with Crippen molar-refractivity contribution >= 4 is 39.3 Å². The second-order valence-corrected chi connectivity index (χ2v) is 4.18. The normalized spacial score (nSPS) is 10.1. The molecule has 2 rings (SSSR count). The van der Waals surface area contributed by atoms with Crippen LogP contribution in [0.2, 0.25) is 5.22 Å². The van der Waals surface area contributed by atoms with Crippen molar-refractivity contribution < 1.29 is 9.21 Å². The molecule has 0 spiro atoms. The molecule has 1 amide bonds. The lowest BCUT2D eigenvalue weighted by atomic mass is 10.3. The van der Waals surface area contributed by atoms with Gasteiger partial charge in [-0.1, -0.05) is 0 Å². The number of hydrogen-bond donors (Lipinski definition) is 1. The fourth-order valence-electron chi connectivity index (χ4n) is 1.09. The van der Waals surface area contributed by atoms with Crippen molar-refractivity contribution in [3.8, 4) is 0 Å². The maximum Gasteiger partial charge on any atom is 0.261 e. The lowest BCUT2D eigenvalue weighted by Crippen LogP contribution is -2.12. The number of hydrogen-bond acceptors (Lipinski definition) is 3. The number of nitrogens with one attached hydrogen (secondary N) is 1. The zero-order valence-electron chi connectivity index (χ0n) is 7.91. The van der Waals surface area contributed by atoms with E-state index in [9.17, 15) is 4.79 Å². The van der Waals surface area contributed by atoms with Gasteiger partial charge in [-0.2, -0.15) is 0 Å². The molecule has 0 unspecified atom stereocenters. The first-order valence-electron chi connectivity index (χ1n) is 4.33. The summed E-state index contributed by atoms with van der Waals surface area (Å²) in [6, 6.07) is 4.95. The van der Waals surface area contributed by atoms with Gasteiger partial charge < -0.3 is 9.73 Å². The Labute approximate surface area is 105 Å². The molecule has 1 N–H and O–H groups in total. The summed E-state index contributed by atoms with van der Waals surface area (Å²) in [5.74, 6) is 0.0963. The van der Waals surface area contributed by atoms with Crippen LogP contribution in [0.25, 0.3) is 0 Å². The van der Waals surface area contributed by atoms with Gasteiger partial charge in [0.05, 0.1) is 11.8 Å². The van der Waals surface area contributed by atoms with Gasteiger partial charge in [0.1, 0.15) is 5.82 Å². The van der Waals surface area contributed by atoms with E-state index in [1.54, 1.807) is 18.3 Å². The van der Waals surface area contributed by atoms with Crippen LogP contribution in [0.5, 0.6) is 0 Å². The minimum absolute atomic E-state index is 0.0645. The fraction of sp³-hybridized carbons (Fsp3) is 0. The summed E-state index contributed by atoms with van der Waals surface area (Å²) in [5.41, 5.74) is 0.284. The molecule has 2 aromatic rings. The lowest BCUT2D eigenvalue weighted by Gasteiger charge is -2.02. The molecule has 0 bridgehead atoms. The molecule has 6 heteroatoms. The second-order valence-electron chi connectivity index (χ2n) is 2.92. The van der Waals surface area contributed by atoms with Crippen LogP contribution in [-0.4, -0.2) is 10.9 Å². The first kappa shape index (κ1) is 11.2. The first-order valence-corrected chi connectivity index (χ1v) is 5.50. The van der Waals surface area contributed by atoms with E-state index in [0.29, 0.717) is 5.82 Å².